The molecule has 0 atom stereocenters. The molecule has 0 aliphatic carbocycles. The van der Waals surface area contributed by atoms with Crippen LogP contribution in [0.15, 0.2) is 140 Å². The zero-order valence-corrected chi connectivity index (χ0v) is 31.8. The second-order valence-corrected chi connectivity index (χ2v) is 13.9. The maximum absolute atomic E-state index is 7.54. The third kappa shape index (κ3) is 6.81. The van der Waals surface area contributed by atoms with E-state index in [1.165, 1.54) is 62.1 Å². The first kappa shape index (κ1) is 26.4. The Morgan fingerprint density at radius 2 is 1.32 bits per heavy atom. The van der Waals surface area contributed by atoms with E-state index in [2.05, 4.69) is 140 Å². The average molecular weight is 873 g/mol. The molecule has 0 saturated heterocycles. The van der Waals surface area contributed by atoms with Crippen molar-refractivity contribution in [1.82, 2.24) is 14.5 Å². The molecule has 7 aromatic carbocycles. The fourth-order valence-electron chi connectivity index (χ4n) is 6.92. The van der Waals surface area contributed by atoms with Crippen LogP contribution in [0.5, 0.6) is 0 Å². The number of pyridine rings is 1. The summed E-state index contributed by atoms with van der Waals surface area (Å²) in [5, 5.41) is 7.65. The summed E-state index contributed by atoms with van der Waals surface area (Å²) >= 11 is 0. The third-order valence-corrected chi connectivity index (χ3v) is 9.41. The van der Waals surface area contributed by atoms with E-state index in [4.69, 9.17) is 17.3 Å². The first-order chi connectivity index (χ1) is 28.8. The van der Waals surface area contributed by atoms with Gasteiger partial charge < -0.3 is 9.55 Å². The molecule has 0 saturated carbocycles. The Morgan fingerprint density at radius 3 is 1.94 bits per heavy atom. The SMILES string of the molecule is CC(C)(C)c1cccc2nc(-c3[c-]cccc3)n(-c3ccc4c5ccccc5c5ccccc5c4c3)c12.[2H]C([2H])([2H])c1c[c-]c(-c2cc(C([2H])([2H])[2H])c(C([2H])([2H])[2H])cn2)cc1.[Ir]. The van der Waals surface area contributed by atoms with Crippen LogP contribution in [0.25, 0.3) is 71.7 Å². The Hall–Kier alpha value is -5.41. The number of aromatic nitrogens is 3. The van der Waals surface area contributed by atoms with E-state index in [0.29, 0.717) is 5.56 Å². The summed E-state index contributed by atoms with van der Waals surface area (Å²) in [7, 11) is 0. The van der Waals surface area contributed by atoms with Gasteiger partial charge in [-0.1, -0.05) is 106 Å². The molecule has 0 aliphatic rings. The van der Waals surface area contributed by atoms with Gasteiger partial charge in [0.1, 0.15) is 0 Å². The van der Waals surface area contributed by atoms with Gasteiger partial charge in [0.15, 0.2) is 0 Å². The smallest absolute Gasteiger partial charge is 0.0777 e. The third-order valence-electron chi connectivity index (χ3n) is 9.41. The Labute approximate surface area is 338 Å². The Bertz CT molecular complexity index is 3040. The van der Waals surface area contributed by atoms with Crippen molar-refractivity contribution in [2.24, 2.45) is 0 Å². The zero-order chi connectivity index (χ0) is 43.5. The molecule has 53 heavy (non-hydrogen) atoms. The van der Waals surface area contributed by atoms with Gasteiger partial charge in [0.2, 0.25) is 0 Å². The van der Waals surface area contributed by atoms with Crippen molar-refractivity contribution in [3.63, 3.8) is 0 Å². The first-order valence-corrected chi connectivity index (χ1v) is 17.2. The number of nitrogens with zero attached hydrogens (tertiary/aromatic N) is 3. The maximum atomic E-state index is 7.54. The molecule has 2 aromatic heterocycles. The van der Waals surface area contributed by atoms with Crippen LogP contribution < -0.4 is 0 Å². The van der Waals surface area contributed by atoms with Crippen molar-refractivity contribution < 1.29 is 32.4 Å². The van der Waals surface area contributed by atoms with E-state index in [1.807, 2.05) is 12.1 Å². The first-order valence-electron chi connectivity index (χ1n) is 21.7. The second-order valence-electron chi connectivity index (χ2n) is 13.9. The topological polar surface area (TPSA) is 30.7 Å². The van der Waals surface area contributed by atoms with Crippen LogP contribution >= 0.6 is 0 Å². The van der Waals surface area contributed by atoms with E-state index in [9.17, 15) is 0 Å². The number of hydrogen-bond donors (Lipinski definition) is 0. The van der Waals surface area contributed by atoms with Crippen molar-refractivity contribution in [3.05, 3.63) is 174 Å². The molecule has 0 fully saturated rings. The van der Waals surface area contributed by atoms with Crippen LogP contribution in [-0.4, -0.2) is 14.5 Å². The zero-order valence-electron chi connectivity index (χ0n) is 38.5. The molecule has 0 unspecified atom stereocenters. The molecule has 0 N–H and O–H groups in total. The van der Waals surface area contributed by atoms with Crippen molar-refractivity contribution in [2.75, 3.05) is 0 Å². The summed E-state index contributed by atoms with van der Waals surface area (Å²) in [5.41, 5.74) is 5.57. The van der Waals surface area contributed by atoms with E-state index < -0.39 is 20.6 Å². The second kappa shape index (κ2) is 14.5. The molecule has 9 rings (SSSR count). The van der Waals surface area contributed by atoms with Gasteiger partial charge in [0, 0.05) is 44.3 Å². The number of benzene rings is 7. The number of para-hydroxylation sites is 1. The fourth-order valence-corrected chi connectivity index (χ4v) is 6.92. The van der Waals surface area contributed by atoms with E-state index in [0.717, 1.165) is 34.3 Å². The molecule has 1 radical (unpaired) electrons. The number of imidazole rings is 1. The standard InChI is InChI=1S/C35H27N2.C14H14N.Ir/c1-35(2,3)31-18-11-19-32-33(31)37(34(36-32)23-12-5-4-6-13-23)24-20-21-29-27-16-8-7-14-25(27)26-15-9-10-17-28(26)30(29)22-24;1-10-4-6-13(7-5-10)14-8-11(2)12(3)9-15-14;/h4-12,14-22H,1-3H3;4-6,8-9H,1-3H3;/q2*-1;/i;1D3,2D3,3D3;. The van der Waals surface area contributed by atoms with Crippen LogP contribution in [-0.2, 0) is 25.5 Å². The van der Waals surface area contributed by atoms with Crippen molar-refractivity contribution in [3.8, 4) is 28.3 Å². The molecule has 0 aliphatic heterocycles. The van der Waals surface area contributed by atoms with Crippen molar-refractivity contribution in [2.45, 2.75) is 46.7 Å². The predicted octanol–water partition coefficient (Wildman–Crippen LogP) is 12.7. The fraction of sp³-hybridized carbons (Fsp3) is 0.143. The van der Waals surface area contributed by atoms with Crippen LogP contribution in [0, 0.1) is 32.7 Å². The molecule has 0 bridgehead atoms. The van der Waals surface area contributed by atoms with Crippen LogP contribution in [0.4, 0.5) is 0 Å². The van der Waals surface area contributed by atoms with Gasteiger partial charge in [-0.3, -0.25) is 4.98 Å². The predicted molar refractivity (Wildman–Crippen MR) is 219 cm³/mol. The normalized spacial score (nSPS) is 14.7. The Balaban J connectivity index is 0.000000202. The molecule has 9 aromatic rings. The van der Waals surface area contributed by atoms with Crippen LogP contribution in [0.1, 0.15) is 55.4 Å². The van der Waals surface area contributed by atoms with Gasteiger partial charge in [-0.05, 0) is 86.5 Å². The van der Waals surface area contributed by atoms with Gasteiger partial charge in [-0.25, -0.2) is 0 Å². The van der Waals surface area contributed by atoms with Crippen LogP contribution in [0.3, 0.4) is 0 Å². The van der Waals surface area contributed by atoms with Gasteiger partial charge in [-0.15, -0.1) is 71.3 Å². The summed E-state index contributed by atoms with van der Waals surface area (Å²) in [5.74, 6) is 0.914. The van der Waals surface area contributed by atoms with E-state index in [1.54, 1.807) is 0 Å². The molecular formula is C49H41IrN3-2. The van der Waals surface area contributed by atoms with E-state index >= 15 is 0 Å². The van der Waals surface area contributed by atoms with Gasteiger partial charge in [0.05, 0.1) is 16.9 Å². The molecule has 4 heteroatoms. The molecular weight excluding hydrogens is 823 g/mol. The summed E-state index contributed by atoms with van der Waals surface area (Å²) in [6, 6.07) is 50.4. The number of fused-ring (bicyclic) bond motifs is 7. The van der Waals surface area contributed by atoms with Gasteiger partial charge in [-0.2, -0.15) is 0 Å². The average Bonchev–Trinajstić information content (AvgIpc) is 3.63. The molecule has 2 heterocycles. The van der Waals surface area contributed by atoms with Crippen LogP contribution in [0.2, 0.25) is 0 Å². The number of rotatable bonds is 3. The molecule has 0 spiro atoms. The quantitative estimate of drug-likeness (QED) is 0.131. The summed E-state index contributed by atoms with van der Waals surface area (Å²) in [4.78, 5) is 9.16. The summed E-state index contributed by atoms with van der Waals surface area (Å²) < 4.78 is 69.2. The molecule has 3 nitrogen and oxygen atoms in total. The van der Waals surface area contributed by atoms with Crippen molar-refractivity contribution in [1.29, 1.82) is 0 Å². The monoisotopic (exact) mass is 873 g/mol. The Kier molecular flexibility index (Phi) is 7.24. The maximum Gasteiger partial charge on any atom is 0.0777 e. The minimum atomic E-state index is -2.61. The van der Waals surface area contributed by atoms with Crippen molar-refractivity contribution >= 4 is 43.4 Å². The van der Waals surface area contributed by atoms with E-state index in [-0.39, 0.29) is 47.9 Å². The minimum Gasteiger partial charge on any atom is -0.333 e. The molecule has 0 amide bonds. The summed E-state index contributed by atoms with van der Waals surface area (Å²) in [6.07, 6.45) is 1.02. The Morgan fingerprint density at radius 1 is 0.623 bits per heavy atom. The van der Waals surface area contributed by atoms with Gasteiger partial charge in [0.25, 0.3) is 0 Å². The largest absolute Gasteiger partial charge is 0.333 e. The number of aryl methyl sites for hydroxylation is 3. The van der Waals surface area contributed by atoms with Gasteiger partial charge >= 0.3 is 0 Å². The number of hydrogen-bond acceptors (Lipinski definition) is 2. The summed E-state index contributed by atoms with van der Waals surface area (Å²) in [6.45, 7) is -0.657. The minimum absolute atomic E-state index is 0. The molecule has 263 valence electrons.